The summed E-state index contributed by atoms with van der Waals surface area (Å²) >= 11 is 0. The van der Waals surface area contributed by atoms with Crippen LogP contribution in [0.2, 0.25) is 0 Å². The van der Waals surface area contributed by atoms with Crippen LogP contribution in [-0.2, 0) is 6.61 Å². The van der Waals surface area contributed by atoms with Crippen molar-refractivity contribution in [3.8, 4) is 11.5 Å². The van der Waals surface area contributed by atoms with Crippen LogP contribution in [0, 0.1) is 0 Å². The number of nitrogens with zero attached hydrogens (tertiary/aromatic N) is 1. The smallest absolute Gasteiger partial charge is 0.271 e. The second-order valence-corrected chi connectivity index (χ2v) is 6.24. The summed E-state index contributed by atoms with van der Waals surface area (Å²) in [6.45, 7) is 2.87. The minimum Gasteiger partial charge on any atom is -0.490 e. The molecule has 148 valence electrons. The SMILES string of the molecule is CCOc1cc(/C=N\NC(=O)c2cccc(N)c2)ccc1OCc1ccccc1. The van der Waals surface area contributed by atoms with Crippen molar-refractivity contribution in [1.82, 2.24) is 5.43 Å². The Labute approximate surface area is 170 Å². The molecule has 0 spiro atoms. The van der Waals surface area contributed by atoms with Gasteiger partial charge in [-0.3, -0.25) is 4.79 Å². The summed E-state index contributed by atoms with van der Waals surface area (Å²) in [6, 6.07) is 22.1. The summed E-state index contributed by atoms with van der Waals surface area (Å²) in [6.07, 6.45) is 1.55. The molecule has 0 aliphatic rings. The first-order chi connectivity index (χ1) is 14.2. The second-order valence-electron chi connectivity index (χ2n) is 6.24. The van der Waals surface area contributed by atoms with E-state index in [1.807, 2.05) is 55.5 Å². The number of ether oxygens (including phenoxy) is 2. The van der Waals surface area contributed by atoms with Gasteiger partial charge in [0.05, 0.1) is 12.8 Å². The van der Waals surface area contributed by atoms with Gasteiger partial charge in [0.25, 0.3) is 5.91 Å². The molecule has 0 bridgehead atoms. The number of rotatable bonds is 8. The highest BCUT2D eigenvalue weighted by molar-refractivity contribution is 5.95. The van der Waals surface area contributed by atoms with E-state index in [0.717, 1.165) is 11.1 Å². The van der Waals surface area contributed by atoms with E-state index in [1.54, 1.807) is 30.5 Å². The van der Waals surface area contributed by atoms with Crippen molar-refractivity contribution >= 4 is 17.8 Å². The highest BCUT2D eigenvalue weighted by Crippen LogP contribution is 2.28. The van der Waals surface area contributed by atoms with E-state index in [-0.39, 0.29) is 5.91 Å². The quantitative estimate of drug-likeness (QED) is 0.346. The number of nitrogens with one attached hydrogen (secondary N) is 1. The van der Waals surface area contributed by atoms with Crippen LogP contribution >= 0.6 is 0 Å². The molecule has 6 nitrogen and oxygen atoms in total. The molecular weight excluding hydrogens is 366 g/mol. The van der Waals surface area contributed by atoms with Crippen LogP contribution in [-0.4, -0.2) is 18.7 Å². The summed E-state index contributed by atoms with van der Waals surface area (Å²) < 4.78 is 11.6. The van der Waals surface area contributed by atoms with E-state index >= 15 is 0 Å². The molecule has 1 amide bonds. The third-order valence-corrected chi connectivity index (χ3v) is 4.03. The van der Waals surface area contributed by atoms with Crippen molar-refractivity contribution in [2.75, 3.05) is 12.3 Å². The number of nitrogens with two attached hydrogens (primary N) is 1. The zero-order chi connectivity index (χ0) is 20.5. The van der Waals surface area contributed by atoms with Gasteiger partial charge in [0.15, 0.2) is 11.5 Å². The van der Waals surface area contributed by atoms with Crippen LogP contribution in [0.4, 0.5) is 5.69 Å². The zero-order valence-electron chi connectivity index (χ0n) is 16.2. The first kappa shape index (κ1) is 19.9. The number of amides is 1. The van der Waals surface area contributed by atoms with Gasteiger partial charge in [0.2, 0.25) is 0 Å². The van der Waals surface area contributed by atoms with Crippen molar-refractivity contribution < 1.29 is 14.3 Å². The van der Waals surface area contributed by atoms with E-state index in [1.165, 1.54) is 0 Å². The number of anilines is 1. The Morgan fingerprint density at radius 2 is 1.83 bits per heavy atom. The summed E-state index contributed by atoms with van der Waals surface area (Å²) in [5, 5.41) is 4.01. The third kappa shape index (κ3) is 5.84. The van der Waals surface area contributed by atoms with Gasteiger partial charge in [-0.05, 0) is 54.4 Å². The Morgan fingerprint density at radius 1 is 1.00 bits per heavy atom. The second kappa shape index (κ2) is 9.94. The molecule has 0 aliphatic heterocycles. The lowest BCUT2D eigenvalue weighted by Crippen LogP contribution is -2.17. The van der Waals surface area contributed by atoms with E-state index < -0.39 is 0 Å². The van der Waals surface area contributed by atoms with Crippen LogP contribution in [0.25, 0.3) is 0 Å². The molecule has 0 fully saturated rings. The third-order valence-electron chi connectivity index (χ3n) is 4.03. The highest BCUT2D eigenvalue weighted by atomic mass is 16.5. The topological polar surface area (TPSA) is 85.9 Å². The standard InChI is InChI=1S/C23H23N3O3/c1-2-28-22-13-18(11-12-21(22)29-16-17-7-4-3-5-8-17)15-25-26-23(27)19-9-6-10-20(24)14-19/h3-15H,2,16,24H2,1H3,(H,26,27)/b25-15-. The van der Waals surface area contributed by atoms with E-state index in [9.17, 15) is 4.79 Å². The zero-order valence-corrected chi connectivity index (χ0v) is 16.2. The van der Waals surface area contributed by atoms with Crippen LogP contribution in [0.1, 0.15) is 28.4 Å². The summed E-state index contributed by atoms with van der Waals surface area (Å²) in [5.41, 5.74) is 11.0. The van der Waals surface area contributed by atoms with Gasteiger partial charge >= 0.3 is 0 Å². The molecule has 0 unspecified atom stereocenters. The van der Waals surface area contributed by atoms with Crippen molar-refractivity contribution in [1.29, 1.82) is 0 Å². The fourth-order valence-corrected chi connectivity index (χ4v) is 2.64. The summed E-state index contributed by atoms with van der Waals surface area (Å²) in [5.74, 6) is 0.938. The molecule has 3 rings (SSSR count). The predicted molar refractivity (Wildman–Crippen MR) is 114 cm³/mol. The van der Waals surface area contributed by atoms with Crippen molar-refractivity contribution in [3.05, 3.63) is 89.5 Å². The van der Waals surface area contributed by atoms with Gasteiger partial charge in [0, 0.05) is 11.3 Å². The molecule has 0 heterocycles. The van der Waals surface area contributed by atoms with E-state index in [4.69, 9.17) is 15.2 Å². The number of nitrogen functional groups attached to an aromatic ring is 1. The van der Waals surface area contributed by atoms with Gasteiger partial charge in [-0.2, -0.15) is 5.10 Å². The molecule has 0 saturated heterocycles. The number of carbonyl (C=O) groups is 1. The van der Waals surface area contributed by atoms with Gasteiger partial charge in [0.1, 0.15) is 6.61 Å². The predicted octanol–water partition coefficient (Wildman–Crippen LogP) is 4.01. The number of hydrogen-bond donors (Lipinski definition) is 2. The number of benzene rings is 3. The van der Waals surface area contributed by atoms with Crippen LogP contribution in [0.5, 0.6) is 11.5 Å². The summed E-state index contributed by atoms with van der Waals surface area (Å²) in [7, 11) is 0. The number of carbonyl (C=O) groups excluding carboxylic acids is 1. The molecule has 0 radical (unpaired) electrons. The molecule has 0 aliphatic carbocycles. The minimum absolute atomic E-state index is 0.332. The number of hydrogen-bond acceptors (Lipinski definition) is 5. The van der Waals surface area contributed by atoms with Gasteiger partial charge < -0.3 is 15.2 Å². The fourth-order valence-electron chi connectivity index (χ4n) is 2.64. The molecule has 3 aromatic rings. The Kier molecular flexibility index (Phi) is 6.84. The number of hydrazone groups is 1. The maximum absolute atomic E-state index is 12.1. The largest absolute Gasteiger partial charge is 0.490 e. The monoisotopic (exact) mass is 389 g/mol. The first-order valence-corrected chi connectivity index (χ1v) is 9.28. The molecule has 6 heteroatoms. The summed E-state index contributed by atoms with van der Waals surface area (Å²) in [4.78, 5) is 12.1. The molecular formula is C23H23N3O3. The van der Waals surface area contributed by atoms with Crippen molar-refractivity contribution in [2.24, 2.45) is 5.10 Å². The Balaban J connectivity index is 1.65. The lowest BCUT2D eigenvalue weighted by molar-refractivity contribution is 0.0955. The Morgan fingerprint density at radius 3 is 2.59 bits per heavy atom. The first-order valence-electron chi connectivity index (χ1n) is 9.28. The Hall–Kier alpha value is -3.80. The van der Waals surface area contributed by atoms with Gasteiger partial charge in [-0.1, -0.05) is 36.4 Å². The average molecular weight is 389 g/mol. The average Bonchev–Trinajstić information content (AvgIpc) is 2.74. The van der Waals surface area contributed by atoms with Crippen LogP contribution in [0.3, 0.4) is 0 Å². The molecule has 0 atom stereocenters. The molecule has 0 saturated carbocycles. The molecule has 29 heavy (non-hydrogen) atoms. The molecule has 3 N–H and O–H groups in total. The Bertz CT molecular complexity index is 988. The minimum atomic E-state index is -0.332. The molecule has 0 aromatic heterocycles. The van der Waals surface area contributed by atoms with Crippen LogP contribution in [0.15, 0.2) is 77.9 Å². The maximum atomic E-state index is 12.1. The lowest BCUT2D eigenvalue weighted by atomic mass is 10.2. The van der Waals surface area contributed by atoms with Crippen molar-refractivity contribution in [2.45, 2.75) is 13.5 Å². The fraction of sp³-hybridized carbons (Fsp3) is 0.130. The van der Waals surface area contributed by atoms with Gasteiger partial charge in [-0.15, -0.1) is 0 Å². The van der Waals surface area contributed by atoms with E-state index in [2.05, 4.69) is 10.5 Å². The highest BCUT2D eigenvalue weighted by Gasteiger charge is 2.07. The van der Waals surface area contributed by atoms with Crippen LogP contribution < -0.4 is 20.6 Å². The normalized spacial score (nSPS) is 10.7. The lowest BCUT2D eigenvalue weighted by Gasteiger charge is -2.12. The van der Waals surface area contributed by atoms with Crippen molar-refractivity contribution in [3.63, 3.8) is 0 Å². The van der Waals surface area contributed by atoms with E-state index in [0.29, 0.717) is 36.0 Å². The molecule has 3 aromatic carbocycles. The van der Waals surface area contributed by atoms with Gasteiger partial charge in [-0.25, -0.2) is 5.43 Å². The maximum Gasteiger partial charge on any atom is 0.271 e.